The predicted molar refractivity (Wildman–Crippen MR) is 64.1 cm³/mol. The van der Waals surface area contributed by atoms with Crippen LogP contribution in [0.2, 0.25) is 5.02 Å². The Hall–Kier alpha value is -1.75. The highest BCUT2D eigenvalue weighted by Gasteiger charge is 2.34. The average molecular weight is 273 g/mol. The fraction of sp³-hybridized carbons (Fsp3) is 0.0833. The van der Waals surface area contributed by atoms with E-state index in [0.29, 0.717) is 0 Å². The Bertz CT molecular complexity index is 582. The fourth-order valence-corrected chi connectivity index (χ4v) is 1.80. The second kappa shape index (κ2) is 4.49. The highest BCUT2D eigenvalue weighted by atomic mass is 35.5. The Balaban J connectivity index is 2.69. The number of nitrogens with zero attached hydrogens (tertiary/aromatic N) is 1. The lowest BCUT2D eigenvalue weighted by molar-refractivity contribution is -0.137. The van der Waals surface area contributed by atoms with Gasteiger partial charge in [-0.2, -0.15) is 13.2 Å². The molecule has 2 nitrogen and oxygen atoms in total. The molecule has 0 atom stereocenters. The van der Waals surface area contributed by atoms with Crippen molar-refractivity contribution in [3.8, 4) is 11.1 Å². The van der Waals surface area contributed by atoms with Gasteiger partial charge in [0, 0.05) is 16.8 Å². The van der Waals surface area contributed by atoms with Crippen molar-refractivity contribution in [2.45, 2.75) is 6.18 Å². The standard InChI is InChI=1S/C12H8ClF3N2/c13-7-3-4-8(10(6-7)12(14,15)16)9-2-1-5-18-11(9)17/h1-6H,(H2,17,18). The van der Waals surface area contributed by atoms with Crippen molar-refractivity contribution in [1.82, 2.24) is 4.98 Å². The first-order chi connectivity index (χ1) is 8.39. The van der Waals surface area contributed by atoms with Gasteiger partial charge in [0.15, 0.2) is 0 Å². The molecule has 6 heteroatoms. The van der Waals surface area contributed by atoms with Crippen LogP contribution in [0.1, 0.15) is 5.56 Å². The minimum Gasteiger partial charge on any atom is -0.383 e. The lowest BCUT2D eigenvalue weighted by atomic mass is 10.00. The number of halogens is 4. The highest BCUT2D eigenvalue weighted by Crippen LogP contribution is 2.39. The number of aromatic nitrogens is 1. The third-order valence-corrected chi connectivity index (χ3v) is 2.65. The van der Waals surface area contributed by atoms with E-state index in [0.717, 1.165) is 6.07 Å². The second-order valence-corrected chi connectivity index (χ2v) is 4.06. The lowest BCUT2D eigenvalue weighted by Crippen LogP contribution is -2.08. The molecule has 0 spiro atoms. The van der Waals surface area contributed by atoms with Crippen molar-refractivity contribution in [2.75, 3.05) is 5.73 Å². The molecule has 0 bridgehead atoms. The van der Waals surface area contributed by atoms with Crippen LogP contribution < -0.4 is 5.73 Å². The Morgan fingerprint density at radius 2 is 1.83 bits per heavy atom. The molecule has 2 N–H and O–H groups in total. The highest BCUT2D eigenvalue weighted by molar-refractivity contribution is 6.30. The average Bonchev–Trinajstić information content (AvgIpc) is 2.29. The summed E-state index contributed by atoms with van der Waals surface area (Å²) in [5, 5.41) is 0.0218. The normalized spacial score (nSPS) is 11.6. The summed E-state index contributed by atoms with van der Waals surface area (Å²) >= 11 is 5.60. The van der Waals surface area contributed by atoms with Crippen LogP contribution in [0.15, 0.2) is 36.5 Å². The summed E-state index contributed by atoms with van der Waals surface area (Å²) in [4.78, 5) is 3.78. The summed E-state index contributed by atoms with van der Waals surface area (Å²) in [6, 6.07) is 6.57. The van der Waals surface area contributed by atoms with E-state index in [9.17, 15) is 13.2 Å². The fourth-order valence-electron chi connectivity index (χ4n) is 1.63. The number of alkyl halides is 3. The number of benzene rings is 1. The van der Waals surface area contributed by atoms with Gasteiger partial charge in [0.05, 0.1) is 5.56 Å². The van der Waals surface area contributed by atoms with Gasteiger partial charge < -0.3 is 5.73 Å². The van der Waals surface area contributed by atoms with Crippen molar-refractivity contribution < 1.29 is 13.2 Å². The lowest BCUT2D eigenvalue weighted by Gasteiger charge is -2.14. The number of nitrogen functional groups attached to an aromatic ring is 1. The predicted octanol–water partition coefficient (Wildman–Crippen LogP) is 4.00. The van der Waals surface area contributed by atoms with Crippen LogP contribution in [0.4, 0.5) is 19.0 Å². The molecule has 0 aliphatic heterocycles. The monoisotopic (exact) mass is 272 g/mol. The van der Waals surface area contributed by atoms with Gasteiger partial charge in [-0.05, 0) is 29.8 Å². The zero-order valence-corrected chi connectivity index (χ0v) is 9.76. The third-order valence-electron chi connectivity index (χ3n) is 2.42. The largest absolute Gasteiger partial charge is 0.417 e. The van der Waals surface area contributed by atoms with E-state index in [2.05, 4.69) is 4.98 Å². The van der Waals surface area contributed by atoms with E-state index in [1.165, 1.54) is 30.5 Å². The molecule has 0 amide bonds. The third kappa shape index (κ3) is 2.41. The maximum Gasteiger partial charge on any atom is 0.417 e. The van der Waals surface area contributed by atoms with E-state index in [-0.39, 0.29) is 22.0 Å². The molecule has 0 unspecified atom stereocenters. The Morgan fingerprint density at radius 1 is 1.11 bits per heavy atom. The SMILES string of the molecule is Nc1ncccc1-c1ccc(Cl)cc1C(F)(F)F. The van der Waals surface area contributed by atoms with Crippen molar-refractivity contribution in [3.63, 3.8) is 0 Å². The molecule has 0 saturated heterocycles. The number of anilines is 1. The van der Waals surface area contributed by atoms with Crippen LogP contribution in [0, 0.1) is 0 Å². The van der Waals surface area contributed by atoms with E-state index >= 15 is 0 Å². The zero-order chi connectivity index (χ0) is 13.3. The maximum atomic E-state index is 12.9. The van der Waals surface area contributed by atoms with Crippen LogP contribution in [-0.2, 0) is 6.18 Å². The van der Waals surface area contributed by atoms with Gasteiger partial charge in [-0.1, -0.05) is 17.7 Å². The van der Waals surface area contributed by atoms with Gasteiger partial charge in [0.2, 0.25) is 0 Å². The molecule has 2 aromatic rings. The van der Waals surface area contributed by atoms with Crippen molar-refractivity contribution >= 4 is 17.4 Å². The van der Waals surface area contributed by atoms with Crippen LogP contribution in [0.25, 0.3) is 11.1 Å². The molecule has 1 heterocycles. The van der Waals surface area contributed by atoms with Crippen LogP contribution in [0.5, 0.6) is 0 Å². The molecule has 0 fully saturated rings. The molecule has 2 rings (SSSR count). The summed E-state index contributed by atoms with van der Waals surface area (Å²) < 4.78 is 38.8. The first-order valence-electron chi connectivity index (χ1n) is 4.97. The van der Waals surface area contributed by atoms with E-state index < -0.39 is 11.7 Å². The first-order valence-corrected chi connectivity index (χ1v) is 5.35. The molecule has 0 saturated carbocycles. The van der Waals surface area contributed by atoms with Gasteiger partial charge in [0.25, 0.3) is 0 Å². The number of pyridine rings is 1. The van der Waals surface area contributed by atoms with Gasteiger partial charge in [-0.15, -0.1) is 0 Å². The first kappa shape index (κ1) is 12.7. The zero-order valence-electron chi connectivity index (χ0n) is 9.00. The maximum absolute atomic E-state index is 12.9. The Kier molecular flexibility index (Phi) is 3.17. The minimum atomic E-state index is -4.50. The van der Waals surface area contributed by atoms with Gasteiger partial charge in [0.1, 0.15) is 5.82 Å². The molecule has 0 radical (unpaired) electrons. The van der Waals surface area contributed by atoms with Crippen LogP contribution in [-0.4, -0.2) is 4.98 Å². The second-order valence-electron chi connectivity index (χ2n) is 3.62. The molecule has 1 aromatic carbocycles. The Labute approximate surface area is 106 Å². The molecule has 0 aliphatic carbocycles. The minimum absolute atomic E-state index is 0.0218. The van der Waals surface area contributed by atoms with E-state index in [1.54, 1.807) is 0 Å². The smallest absolute Gasteiger partial charge is 0.383 e. The number of hydrogen-bond donors (Lipinski definition) is 1. The molecule has 94 valence electrons. The molecular weight excluding hydrogens is 265 g/mol. The topological polar surface area (TPSA) is 38.9 Å². The van der Waals surface area contributed by atoms with Gasteiger partial charge >= 0.3 is 6.18 Å². The number of hydrogen-bond acceptors (Lipinski definition) is 2. The van der Waals surface area contributed by atoms with Crippen LogP contribution >= 0.6 is 11.6 Å². The van der Waals surface area contributed by atoms with E-state index in [1.807, 2.05) is 0 Å². The quantitative estimate of drug-likeness (QED) is 0.852. The van der Waals surface area contributed by atoms with Gasteiger partial charge in [-0.25, -0.2) is 4.98 Å². The number of nitrogens with two attached hydrogens (primary N) is 1. The van der Waals surface area contributed by atoms with Gasteiger partial charge in [-0.3, -0.25) is 0 Å². The van der Waals surface area contributed by atoms with Crippen LogP contribution in [0.3, 0.4) is 0 Å². The summed E-state index contributed by atoms with van der Waals surface area (Å²) in [6.45, 7) is 0. The molecule has 1 aromatic heterocycles. The van der Waals surface area contributed by atoms with Crippen molar-refractivity contribution in [1.29, 1.82) is 0 Å². The van der Waals surface area contributed by atoms with Crippen molar-refractivity contribution in [2.24, 2.45) is 0 Å². The summed E-state index contributed by atoms with van der Waals surface area (Å²) in [5.41, 5.74) is 4.97. The Morgan fingerprint density at radius 3 is 2.44 bits per heavy atom. The number of rotatable bonds is 1. The summed E-state index contributed by atoms with van der Waals surface area (Å²) in [6.07, 6.45) is -3.08. The molecule has 18 heavy (non-hydrogen) atoms. The van der Waals surface area contributed by atoms with Crippen molar-refractivity contribution in [3.05, 3.63) is 47.1 Å². The molecular formula is C12H8ClF3N2. The summed E-state index contributed by atoms with van der Waals surface area (Å²) in [5.74, 6) is 0.0466. The molecule has 0 aliphatic rings. The summed E-state index contributed by atoms with van der Waals surface area (Å²) in [7, 11) is 0. The van der Waals surface area contributed by atoms with E-state index in [4.69, 9.17) is 17.3 Å².